The predicted molar refractivity (Wildman–Crippen MR) is 72.7 cm³/mol. The lowest BCUT2D eigenvalue weighted by Gasteiger charge is -2.39. The monoisotopic (exact) mass is 300 g/mol. The van der Waals surface area contributed by atoms with E-state index in [1.54, 1.807) is 5.38 Å². The van der Waals surface area contributed by atoms with Gasteiger partial charge in [0.1, 0.15) is 5.69 Å². The number of rotatable bonds is 3. The van der Waals surface area contributed by atoms with Crippen molar-refractivity contribution in [1.82, 2.24) is 9.88 Å². The molecular formula is C13H17FN2O3S. The molecule has 20 heavy (non-hydrogen) atoms. The lowest BCUT2D eigenvalue weighted by molar-refractivity contribution is -0.147. The van der Waals surface area contributed by atoms with Crippen LogP contribution in [0.3, 0.4) is 0 Å². The highest BCUT2D eigenvalue weighted by Crippen LogP contribution is 2.28. The molecule has 0 aromatic carbocycles. The molecule has 1 unspecified atom stereocenters. The SMILES string of the molecule is CC(C)(C)c1nc(C(=O)N2CC(C(F)C(=O)O)C2)cs1. The third kappa shape index (κ3) is 2.82. The van der Waals surface area contributed by atoms with E-state index in [-0.39, 0.29) is 24.4 Å². The van der Waals surface area contributed by atoms with Gasteiger partial charge in [-0.15, -0.1) is 11.3 Å². The van der Waals surface area contributed by atoms with Gasteiger partial charge in [0.15, 0.2) is 0 Å². The van der Waals surface area contributed by atoms with Crippen LogP contribution in [0.15, 0.2) is 5.38 Å². The first-order valence-corrected chi connectivity index (χ1v) is 7.20. The van der Waals surface area contributed by atoms with Gasteiger partial charge >= 0.3 is 5.97 Å². The maximum atomic E-state index is 13.2. The number of aromatic nitrogens is 1. The van der Waals surface area contributed by atoms with E-state index in [1.165, 1.54) is 16.2 Å². The van der Waals surface area contributed by atoms with Crippen LogP contribution in [0.4, 0.5) is 4.39 Å². The molecule has 1 aliphatic heterocycles. The Morgan fingerprint density at radius 2 is 2.10 bits per heavy atom. The van der Waals surface area contributed by atoms with E-state index in [1.807, 2.05) is 20.8 Å². The lowest BCUT2D eigenvalue weighted by atomic mass is 9.94. The number of halogens is 1. The van der Waals surface area contributed by atoms with Crippen LogP contribution in [-0.4, -0.2) is 46.1 Å². The zero-order valence-electron chi connectivity index (χ0n) is 11.6. The topological polar surface area (TPSA) is 70.5 Å². The van der Waals surface area contributed by atoms with Crippen LogP contribution < -0.4 is 0 Å². The number of thiazole rings is 1. The molecule has 1 aromatic rings. The smallest absolute Gasteiger partial charge is 0.338 e. The van der Waals surface area contributed by atoms with E-state index < -0.39 is 18.1 Å². The molecule has 1 atom stereocenters. The Bertz CT molecular complexity index is 532. The van der Waals surface area contributed by atoms with Crippen LogP contribution in [0.25, 0.3) is 0 Å². The van der Waals surface area contributed by atoms with Crippen molar-refractivity contribution in [3.8, 4) is 0 Å². The third-order valence-corrected chi connectivity index (χ3v) is 4.48. The van der Waals surface area contributed by atoms with Crippen LogP contribution in [0.5, 0.6) is 0 Å². The molecule has 0 radical (unpaired) electrons. The van der Waals surface area contributed by atoms with Gasteiger partial charge in [-0.2, -0.15) is 0 Å². The third-order valence-electron chi connectivity index (χ3n) is 3.21. The van der Waals surface area contributed by atoms with Gasteiger partial charge in [-0.1, -0.05) is 20.8 Å². The van der Waals surface area contributed by atoms with Gasteiger partial charge in [0.2, 0.25) is 6.17 Å². The number of nitrogens with zero attached hydrogens (tertiary/aromatic N) is 2. The van der Waals surface area contributed by atoms with E-state index in [9.17, 15) is 14.0 Å². The van der Waals surface area contributed by atoms with Crippen molar-refractivity contribution in [1.29, 1.82) is 0 Å². The van der Waals surface area contributed by atoms with Crippen LogP contribution in [0.2, 0.25) is 0 Å². The standard InChI is InChI=1S/C13H17FN2O3S/c1-13(2,3)12-15-8(6-20-12)10(17)16-4-7(5-16)9(14)11(18)19/h6-7,9H,4-5H2,1-3H3,(H,18,19). The Morgan fingerprint density at radius 3 is 2.55 bits per heavy atom. The quantitative estimate of drug-likeness (QED) is 0.926. The fraction of sp³-hybridized carbons (Fsp3) is 0.615. The van der Waals surface area contributed by atoms with Crippen molar-refractivity contribution < 1.29 is 19.1 Å². The van der Waals surface area contributed by atoms with Crippen LogP contribution in [-0.2, 0) is 10.2 Å². The van der Waals surface area contributed by atoms with Crippen molar-refractivity contribution in [2.45, 2.75) is 32.4 Å². The summed E-state index contributed by atoms with van der Waals surface area (Å²) in [7, 11) is 0. The number of amides is 1. The maximum Gasteiger partial charge on any atom is 0.338 e. The fourth-order valence-corrected chi connectivity index (χ4v) is 2.83. The molecule has 1 aromatic heterocycles. The molecule has 5 nitrogen and oxygen atoms in total. The highest BCUT2D eigenvalue weighted by Gasteiger charge is 2.40. The minimum absolute atomic E-state index is 0.117. The molecule has 0 aliphatic carbocycles. The Hall–Kier alpha value is -1.50. The first kappa shape index (κ1) is 14.9. The van der Waals surface area contributed by atoms with Gasteiger partial charge in [-0.3, -0.25) is 4.79 Å². The van der Waals surface area contributed by atoms with Crippen molar-refractivity contribution in [2.75, 3.05) is 13.1 Å². The number of carboxylic acid groups (broad SMARTS) is 1. The number of alkyl halides is 1. The zero-order chi connectivity index (χ0) is 15.1. The Labute approximate surface area is 120 Å². The number of carbonyl (C=O) groups excluding carboxylic acids is 1. The largest absolute Gasteiger partial charge is 0.479 e. The molecule has 0 spiro atoms. The Kier molecular flexibility index (Phi) is 3.82. The Morgan fingerprint density at radius 1 is 1.50 bits per heavy atom. The van der Waals surface area contributed by atoms with Crippen molar-refractivity contribution in [3.05, 3.63) is 16.1 Å². The minimum atomic E-state index is -1.90. The first-order chi connectivity index (χ1) is 9.20. The van der Waals surface area contributed by atoms with Crippen LogP contribution in [0, 0.1) is 5.92 Å². The van der Waals surface area contributed by atoms with Gasteiger partial charge < -0.3 is 10.0 Å². The minimum Gasteiger partial charge on any atom is -0.479 e. The second-order valence-electron chi connectivity index (χ2n) is 6.00. The maximum absolute atomic E-state index is 13.2. The van der Waals surface area contributed by atoms with Gasteiger partial charge in [-0.05, 0) is 0 Å². The summed E-state index contributed by atoms with van der Waals surface area (Å²) in [6.07, 6.45) is -1.90. The molecule has 1 amide bonds. The molecule has 1 saturated heterocycles. The number of carboxylic acids is 1. The molecule has 0 bridgehead atoms. The van der Waals surface area contributed by atoms with E-state index in [0.717, 1.165) is 5.01 Å². The normalized spacial score (nSPS) is 17.7. The second-order valence-corrected chi connectivity index (χ2v) is 6.86. The molecule has 7 heteroatoms. The Balaban J connectivity index is 1.98. The molecule has 0 saturated carbocycles. The first-order valence-electron chi connectivity index (χ1n) is 6.32. The van der Waals surface area contributed by atoms with E-state index in [4.69, 9.17) is 5.11 Å². The molecular weight excluding hydrogens is 283 g/mol. The predicted octanol–water partition coefficient (Wildman–Crippen LogP) is 1.94. The number of likely N-dealkylation sites (tertiary alicyclic amines) is 1. The lowest BCUT2D eigenvalue weighted by Crippen LogP contribution is -2.55. The van der Waals surface area contributed by atoms with E-state index in [2.05, 4.69) is 4.98 Å². The molecule has 2 heterocycles. The fourth-order valence-electron chi connectivity index (χ4n) is 1.94. The van der Waals surface area contributed by atoms with Crippen molar-refractivity contribution in [3.63, 3.8) is 0 Å². The summed E-state index contributed by atoms with van der Waals surface area (Å²) in [5.74, 6) is -2.34. The summed E-state index contributed by atoms with van der Waals surface area (Å²) >= 11 is 1.42. The van der Waals surface area contributed by atoms with Crippen molar-refractivity contribution >= 4 is 23.2 Å². The number of aliphatic carboxylic acids is 1. The average Bonchev–Trinajstić information content (AvgIpc) is 2.74. The number of hydrogen-bond donors (Lipinski definition) is 1. The molecule has 110 valence electrons. The highest BCUT2D eigenvalue weighted by molar-refractivity contribution is 7.10. The van der Waals surface area contributed by atoms with E-state index in [0.29, 0.717) is 5.69 Å². The molecule has 1 aliphatic rings. The summed E-state index contributed by atoms with van der Waals surface area (Å²) < 4.78 is 13.2. The number of carbonyl (C=O) groups is 2. The van der Waals surface area contributed by atoms with Gasteiger partial charge in [0.25, 0.3) is 5.91 Å². The zero-order valence-corrected chi connectivity index (χ0v) is 12.4. The highest BCUT2D eigenvalue weighted by atomic mass is 32.1. The van der Waals surface area contributed by atoms with Crippen LogP contribution in [0.1, 0.15) is 36.3 Å². The second kappa shape index (κ2) is 5.12. The average molecular weight is 300 g/mol. The van der Waals surface area contributed by atoms with Gasteiger partial charge in [0, 0.05) is 29.8 Å². The van der Waals surface area contributed by atoms with Crippen LogP contribution >= 0.6 is 11.3 Å². The summed E-state index contributed by atoms with van der Waals surface area (Å²) in [5.41, 5.74) is 0.234. The molecule has 2 rings (SSSR count). The van der Waals surface area contributed by atoms with Gasteiger partial charge in [-0.25, -0.2) is 14.2 Å². The summed E-state index contributed by atoms with van der Waals surface area (Å²) in [5, 5.41) is 11.1. The number of hydrogen-bond acceptors (Lipinski definition) is 4. The molecule has 1 fully saturated rings. The summed E-state index contributed by atoms with van der Waals surface area (Å²) in [4.78, 5) is 28.3. The summed E-state index contributed by atoms with van der Waals surface area (Å²) in [6, 6.07) is 0. The summed E-state index contributed by atoms with van der Waals surface area (Å²) in [6.45, 7) is 6.31. The van der Waals surface area contributed by atoms with E-state index >= 15 is 0 Å². The van der Waals surface area contributed by atoms with Gasteiger partial charge in [0.05, 0.1) is 5.01 Å². The molecule has 1 N–H and O–H groups in total. The van der Waals surface area contributed by atoms with Crippen molar-refractivity contribution in [2.24, 2.45) is 5.92 Å².